The number of hydrogen-bond donors (Lipinski definition) is 1. The van der Waals surface area contributed by atoms with Crippen LogP contribution in [0.2, 0.25) is 0 Å². The van der Waals surface area contributed by atoms with Crippen LogP contribution in [0.25, 0.3) is 0 Å². The summed E-state index contributed by atoms with van der Waals surface area (Å²) in [6.07, 6.45) is 4.18. The van der Waals surface area contributed by atoms with E-state index in [0.29, 0.717) is 19.0 Å². The van der Waals surface area contributed by atoms with Crippen LogP contribution in [0.1, 0.15) is 40.0 Å². The van der Waals surface area contributed by atoms with Gasteiger partial charge in [0.15, 0.2) is 0 Å². The molecule has 2 fully saturated rings. The number of likely N-dealkylation sites (tertiary alicyclic amines) is 1. The first kappa shape index (κ1) is 18.7. The topological polar surface area (TPSA) is 69.7 Å². The molecular weight excluding hydrogens is 314 g/mol. The number of nitrogens with one attached hydrogen (secondary N) is 1. The van der Waals surface area contributed by atoms with Gasteiger partial charge in [0, 0.05) is 32.2 Å². The Bertz CT molecular complexity index is 515. The van der Waals surface area contributed by atoms with Crippen LogP contribution in [0.5, 0.6) is 0 Å². The third-order valence-electron chi connectivity index (χ3n) is 5.27. The lowest BCUT2D eigenvalue weighted by atomic mass is 9.94. The van der Waals surface area contributed by atoms with E-state index >= 15 is 0 Å². The minimum atomic E-state index is -3.12. The molecular formula is C16H31N3O3S. The van der Waals surface area contributed by atoms with Crippen molar-refractivity contribution in [1.82, 2.24) is 14.5 Å². The quantitative estimate of drug-likeness (QED) is 0.822. The Labute approximate surface area is 140 Å². The van der Waals surface area contributed by atoms with Crippen molar-refractivity contribution in [3.63, 3.8) is 0 Å². The molecule has 0 aliphatic carbocycles. The summed E-state index contributed by atoms with van der Waals surface area (Å²) in [4.78, 5) is 14.5. The third kappa shape index (κ3) is 4.90. The van der Waals surface area contributed by atoms with Crippen molar-refractivity contribution in [1.29, 1.82) is 0 Å². The molecule has 1 N–H and O–H groups in total. The maximum atomic E-state index is 12.6. The van der Waals surface area contributed by atoms with Gasteiger partial charge in [0.05, 0.1) is 12.3 Å². The van der Waals surface area contributed by atoms with Crippen LogP contribution in [0.4, 0.5) is 0 Å². The van der Waals surface area contributed by atoms with Crippen LogP contribution in [-0.4, -0.2) is 68.0 Å². The molecule has 2 aliphatic heterocycles. The van der Waals surface area contributed by atoms with Crippen molar-refractivity contribution in [3.8, 4) is 0 Å². The van der Waals surface area contributed by atoms with E-state index in [-0.39, 0.29) is 23.9 Å². The SMILES string of the molecule is CC1CCN(C(=O)[C@H](C)N[C@H]2CCN(S(C)(=O)=O)C[C@@H]2C)CC1. The van der Waals surface area contributed by atoms with Crippen LogP contribution < -0.4 is 5.32 Å². The van der Waals surface area contributed by atoms with Gasteiger partial charge in [-0.3, -0.25) is 4.79 Å². The average molecular weight is 346 g/mol. The summed E-state index contributed by atoms with van der Waals surface area (Å²) in [6.45, 7) is 8.98. The Morgan fingerprint density at radius 1 is 1.13 bits per heavy atom. The van der Waals surface area contributed by atoms with E-state index in [9.17, 15) is 13.2 Å². The standard InChI is InChI=1S/C16H31N3O3S/c1-12-5-8-18(9-6-12)16(20)14(3)17-15-7-10-19(11-13(15)2)23(4,21)22/h12-15,17H,5-11H2,1-4H3/t13-,14-,15-/m0/s1. The van der Waals surface area contributed by atoms with Gasteiger partial charge in [0.25, 0.3) is 0 Å². The highest BCUT2D eigenvalue weighted by Crippen LogP contribution is 2.21. The molecule has 1 amide bonds. The maximum absolute atomic E-state index is 12.6. The lowest BCUT2D eigenvalue weighted by molar-refractivity contribution is -0.134. The molecule has 0 aromatic rings. The van der Waals surface area contributed by atoms with Gasteiger partial charge in [-0.25, -0.2) is 12.7 Å². The molecule has 134 valence electrons. The van der Waals surface area contributed by atoms with Crippen LogP contribution >= 0.6 is 0 Å². The minimum Gasteiger partial charge on any atom is -0.341 e. The van der Waals surface area contributed by atoms with Gasteiger partial charge in [-0.15, -0.1) is 0 Å². The molecule has 2 rings (SSSR count). The summed E-state index contributed by atoms with van der Waals surface area (Å²) in [5, 5.41) is 3.44. The molecule has 0 spiro atoms. The lowest BCUT2D eigenvalue weighted by Gasteiger charge is -2.38. The largest absolute Gasteiger partial charge is 0.341 e. The van der Waals surface area contributed by atoms with E-state index < -0.39 is 10.0 Å². The van der Waals surface area contributed by atoms with Gasteiger partial charge in [-0.1, -0.05) is 13.8 Å². The second kappa shape index (κ2) is 7.49. The zero-order valence-electron chi connectivity index (χ0n) is 14.8. The van der Waals surface area contributed by atoms with Crippen LogP contribution in [0.15, 0.2) is 0 Å². The number of hydrogen-bond acceptors (Lipinski definition) is 4. The fraction of sp³-hybridized carbons (Fsp3) is 0.938. The fourth-order valence-corrected chi connectivity index (χ4v) is 4.49. The first-order valence-corrected chi connectivity index (χ1v) is 10.5. The first-order valence-electron chi connectivity index (χ1n) is 8.68. The van der Waals surface area contributed by atoms with Crippen LogP contribution in [0, 0.1) is 11.8 Å². The number of nitrogens with zero attached hydrogens (tertiary/aromatic N) is 2. The highest BCUT2D eigenvalue weighted by atomic mass is 32.2. The highest BCUT2D eigenvalue weighted by Gasteiger charge is 2.33. The van der Waals surface area contributed by atoms with Crippen molar-refractivity contribution in [2.75, 3.05) is 32.4 Å². The van der Waals surface area contributed by atoms with E-state index in [1.54, 1.807) is 0 Å². The second-order valence-electron chi connectivity index (χ2n) is 7.39. The van der Waals surface area contributed by atoms with Crippen molar-refractivity contribution in [2.24, 2.45) is 11.8 Å². The number of carbonyl (C=O) groups is 1. The van der Waals surface area contributed by atoms with E-state index in [4.69, 9.17) is 0 Å². The van der Waals surface area contributed by atoms with Gasteiger partial charge in [-0.05, 0) is 38.0 Å². The molecule has 0 bridgehead atoms. The number of sulfonamides is 1. The molecule has 0 aromatic heterocycles. The van der Waals surface area contributed by atoms with Crippen LogP contribution in [-0.2, 0) is 14.8 Å². The summed E-state index contributed by atoms with van der Waals surface area (Å²) in [5.74, 6) is 1.09. The summed E-state index contributed by atoms with van der Waals surface area (Å²) in [7, 11) is -3.12. The number of carbonyl (C=O) groups excluding carboxylic acids is 1. The number of rotatable bonds is 4. The third-order valence-corrected chi connectivity index (χ3v) is 6.54. The normalized spacial score (nSPS) is 29.5. The van der Waals surface area contributed by atoms with Gasteiger partial charge in [0.1, 0.15) is 0 Å². The van der Waals surface area contributed by atoms with Crippen molar-refractivity contribution in [3.05, 3.63) is 0 Å². The molecule has 2 aliphatic rings. The smallest absolute Gasteiger partial charge is 0.239 e. The number of piperidine rings is 2. The van der Waals surface area contributed by atoms with Gasteiger partial charge < -0.3 is 10.2 Å². The predicted molar refractivity (Wildman–Crippen MR) is 91.6 cm³/mol. The van der Waals surface area contributed by atoms with Gasteiger partial charge in [0.2, 0.25) is 15.9 Å². The Hall–Kier alpha value is -0.660. The molecule has 6 nitrogen and oxygen atoms in total. The van der Waals surface area contributed by atoms with E-state index in [0.717, 1.165) is 32.4 Å². The van der Waals surface area contributed by atoms with Crippen molar-refractivity contribution < 1.29 is 13.2 Å². The Kier molecular flexibility index (Phi) is 6.08. The van der Waals surface area contributed by atoms with E-state index in [1.807, 2.05) is 11.8 Å². The molecule has 2 heterocycles. The minimum absolute atomic E-state index is 0.176. The maximum Gasteiger partial charge on any atom is 0.239 e. The summed E-state index contributed by atoms with van der Waals surface area (Å²) in [6, 6.07) is -0.0173. The molecule has 0 unspecified atom stereocenters. The summed E-state index contributed by atoms with van der Waals surface area (Å²) < 4.78 is 24.8. The summed E-state index contributed by atoms with van der Waals surface area (Å²) in [5.41, 5.74) is 0. The zero-order chi connectivity index (χ0) is 17.2. The molecule has 0 aromatic carbocycles. The molecule has 0 radical (unpaired) electrons. The zero-order valence-corrected chi connectivity index (χ0v) is 15.6. The number of amides is 1. The monoisotopic (exact) mass is 345 g/mol. The van der Waals surface area contributed by atoms with Crippen molar-refractivity contribution in [2.45, 2.75) is 52.1 Å². The molecule has 7 heteroatoms. The summed E-state index contributed by atoms with van der Waals surface area (Å²) >= 11 is 0. The van der Waals surface area contributed by atoms with Crippen molar-refractivity contribution >= 4 is 15.9 Å². The lowest BCUT2D eigenvalue weighted by Crippen LogP contribution is -2.55. The van der Waals surface area contributed by atoms with E-state index in [2.05, 4.69) is 19.2 Å². The molecule has 0 saturated carbocycles. The predicted octanol–water partition coefficient (Wildman–Crippen LogP) is 0.893. The molecule has 3 atom stereocenters. The first-order chi connectivity index (χ1) is 10.7. The second-order valence-corrected chi connectivity index (χ2v) is 9.37. The Morgan fingerprint density at radius 2 is 1.74 bits per heavy atom. The molecule has 23 heavy (non-hydrogen) atoms. The van der Waals surface area contributed by atoms with Gasteiger partial charge >= 0.3 is 0 Å². The fourth-order valence-electron chi connectivity index (χ4n) is 3.55. The van der Waals surface area contributed by atoms with Crippen LogP contribution in [0.3, 0.4) is 0 Å². The van der Waals surface area contributed by atoms with E-state index in [1.165, 1.54) is 10.6 Å². The Morgan fingerprint density at radius 3 is 2.26 bits per heavy atom. The Balaban J connectivity index is 1.85. The average Bonchev–Trinajstić information content (AvgIpc) is 2.48. The molecule has 2 saturated heterocycles. The van der Waals surface area contributed by atoms with Gasteiger partial charge in [-0.2, -0.15) is 0 Å². The highest BCUT2D eigenvalue weighted by molar-refractivity contribution is 7.88.